The van der Waals surface area contributed by atoms with Gasteiger partial charge in [0, 0.05) is 36.3 Å². The first kappa shape index (κ1) is 18.8. The Morgan fingerprint density at radius 1 is 1.04 bits per heavy atom. The summed E-state index contributed by atoms with van der Waals surface area (Å²) >= 11 is 0. The Bertz CT molecular complexity index is 978. The van der Waals surface area contributed by atoms with Crippen LogP contribution < -0.4 is 16.1 Å². The van der Waals surface area contributed by atoms with E-state index in [9.17, 15) is 14.4 Å². The summed E-state index contributed by atoms with van der Waals surface area (Å²) in [6.07, 6.45) is 0.861. The van der Waals surface area contributed by atoms with Crippen molar-refractivity contribution in [2.24, 2.45) is 0 Å². The van der Waals surface area contributed by atoms with Gasteiger partial charge < -0.3 is 19.7 Å². The maximum atomic E-state index is 12.2. The van der Waals surface area contributed by atoms with Crippen molar-refractivity contribution in [2.45, 2.75) is 6.42 Å². The van der Waals surface area contributed by atoms with Crippen LogP contribution in [0.2, 0.25) is 0 Å². The van der Waals surface area contributed by atoms with Crippen LogP contribution in [0.1, 0.15) is 26.7 Å². The summed E-state index contributed by atoms with van der Waals surface area (Å²) in [5, 5.41) is 20.9. The lowest BCUT2D eigenvalue weighted by atomic mass is 10.1. The minimum absolute atomic E-state index is 0.0701. The number of hydrogen-bond donors (Lipinski definition) is 4. The van der Waals surface area contributed by atoms with E-state index in [1.54, 1.807) is 24.3 Å². The standard InChI is InChI=1S/C17H15N5O6/c23-9-19-11-3-1-10(2-4-11)15-8-14(22-28-15)16(24)18-6-5-12-7-13(21-27-12)17(25)20-26/h1-4,7-9,26H,5-6H2,(H,18,24)(H,19,23)(H,20,25). The van der Waals surface area contributed by atoms with Crippen LogP contribution >= 0.6 is 0 Å². The second kappa shape index (κ2) is 8.60. The van der Waals surface area contributed by atoms with Gasteiger partial charge in [0.15, 0.2) is 17.1 Å². The topological polar surface area (TPSA) is 160 Å². The van der Waals surface area contributed by atoms with E-state index in [4.69, 9.17) is 14.3 Å². The summed E-state index contributed by atoms with van der Waals surface area (Å²) in [7, 11) is 0. The normalized spacial score (nSPS) is 10.3. The molecule has 11 heteroatoms. The number of anilines is 1. The number of benzene rings is 1. The van der Waals surface area contributed by atoms with Crippen LogP contribution in [-0.4, -0.2) is 40.3 Å². The molecule has 28 heavy (non-hydrogen) atoms. The highest BCUT2D eigenvalue weighted by atomic mass is 16.5. The number of hydrogen-bond acceptors (Lipinski definition) is 8. The van der Waals surface area contributed by atoms with Gasteiger partial charge in [0.25, 0.3) is 11.8 Å². The number of rotatable bonds is 8. The Balaban J connectivity index is 1.54. The fourth-order valence-electron chi connectivity index (χ4n) is 2.30. The van der Waals surface area contributed by atoms with Gasteiger partial charge in [-0.2, -0.15) is 0 Å². The molecule has 144 valence electrons. The van der Waals surface area contributed by atoms with Gasteiger partial charge in [0.1, 0.15) is 5.76 Å². The molecule has 0 fully saturated rings. The van der Waals surface area contributed by atoms with Crippen molar-refractivity contribution < 1.29 is 28.6 Å². The number of hydroxylamine groups is 1. The molecule has 3 aromatic rings. The van der Waals surface area contributed by atoms with E-state index in [1.165, 1.54) is 17.6 Å². The third-order valence-corrected chi connectivity index (χ3v) is 3.69. The molecule has 0 radical (unpaired) electrons. The van der Waals surface area contributed by atoms with Crippen molar-refractivity contribution in [3.05, 3.63) is 53.5 Å². The molecule has 0 atom stereocenters. The summed E-state index contributed by atoms with van der Waals surface area (Å²) in [6.45, 7) is 0.211. The smallest absolute Gasteiger partial charge is 0.296 e. The van der Waals surface area contributed by atoms with Crippen LogP contribution in [-0.2, 0) is 11.2 Å². The Morgan fingerprint density at radius 3 is 2.46 bits per heavy atom. The molecular formula is C17H15N5O6. The first-order chi connectivity index (χ1) is 13.6. The third-order valence-electron chi connectivity index (χ3n) is 3.69. The van der Waals surface area contributed by atoms with E-state index in [1.807, 2.05) is 0 Å². The quantitative estimate of drug-likeness (QED) is 0.254. The highest BCUT2D eigenvalue weighted by molar-refractivity contribution is 5.93. The van der Waals surface area contributed by atoms with Gasteiger partial charge in [-0.3, -0.25) is 19.6 Å². The van der Waals surface area contributed by atoms with Crippen LogP contribution in [0, 0.1) is 0 Å². The second-order valence-electron chi connectivity index (χ2n) is 5.54. The minimum Gasteiger partial charge on any atom is -0.361 e. The van der Waals surface area contributed by atoms with Crippen molar-refractivity contribution in [3.8, 4) is 11.3 Å². The van der Waals surface area contributed by atoms with Gasteiger partial charge in [-0.15, -0.1) is 0 Å². The number of carbonyl (C=O) groups is 3. The predicted molar refractivity (Wildman–Crippen MR) is 93.4 cm³/mol. The predicted octanol–water partition coefficient (Wildman–Crippen LogP) is 0.989. The van der Waals surface area contributed by atoms with E-state index in [0.717, 1.165) is 0 Å². The highest BCUT2D eigenvalue weighted by Gasteiger charge is 2.15. The van der Waals surface area contributed by atoms with E-state index in [2.05, 4.69) is 20.9 Å². The van der Waals surface area contributed by atoms with Gasteiger partial charge in [-0.1, -0.05) is 10.3 Å². The molecule has 0 spiro atoms. The van der Waals surface area contributed by atoms with Gasteiger partial charge in [0.05, 0.1) is 0 Å². The minimum atomic E-state index is -0.788. The molecule has 0 aliphatic heterocycles. The van der Waals surface area contributed by atoms with Gasteiger partial charge in [-0.25, -0.2) is 5.48 Å². The molecule has 11 nitrogen and oxygen atoms in total. The zero-order valence-electron chi connectivity index (χ0n) is 14.3. The molecule has 2 aromatic heterocycles. The zero-order chi connectivity index (χ0) is 19.9. The molecule has 0 saturated carbocycles. The molecule has 2 heterocycles. The van der Waals surface area contributed by atoms with Crippen LogP contribution in [0.15, 0.2) is 45.4 Å². The number of nitrogens with zero attached hydrogens (tertiary/aromatic N) is 2. The molecule has 0 unspecified atom stereocenters. The van der Waals surface area contributed by atoms with Gasteiger partial charge in [-0.05, 0) is 24.3 Å². The van der Waals surface area contributed by atoms with Crippen molar-refractivity contribution >= 4 is 23.9 Å². The second-order valence-corrected chi connectivity index (χ2v) is 5.54. The molecule has 0 aliphatic carbocycles. The Morgan fingerprint density at radius 2 is 1.75 bits per heavy atom. The van der Waals surface area contributed by atoms with Crippen molar-refractivity contribution in [2.75, 3.05) is 11.9 Å². The average Bonchev–Trinajstić information content (AvgIpc) is 3.38. The maximum Gasteiger partial charge on any atom is 0.296 e. The highest BCUT2D eigenvalue weighted by Crippen LogP contribution is 2.22. The molecule has 4 N–H and O–H groups in total. The molecule has 0 saturated heterocycles. The lowest BCUT2D eigenvalue weighted by Gasteiger charge is -2.00. The summed E-state index contributed by atoms with van der Waals surface area (Å²) in [5.74, 6) is -0.465. The first-order valence-electron chi connectivity index (χ1n) is 8.06. The number of amides is 3. The molecule has 3 amide bonds. The Labute approximate surface area is 157 Å². The molecule has 0 aliphatic rings. The number of nitrogens with one attached hydrogen (secondary N) is 3. The van der Waals surface area contributed by atoms with Crippen molar-refractivity contribution in [1.82, 2.24) is 21.1 Å². The molecular weight excluding hydrogens is 370 g/mol. The Kier molecular flexibility index (Phi) is 5.77. The summed E-state index contributed by atoms with van der Waals surface area (Å²) in [4.78, 5) is 33.7. The van der Waals surface area contributed by atoms with E-state index < -0.39 is 11.8 Å². The zero-order valence-corrected chi connectivity index (χ0v) is 14.3. The summed E-state index contributed by atoms with van der Waals surface area (Å²) < 4.78 is 10.1. The molecule has 0 bridgehead atoms. The summed E-state index contributed by atoms with van der Waals surface area (Å²) in [6, 6.07) is 9.67. The van der Waals surface area contributed by atoms with Crippen LogP contribution in [0.3, 0.4) is 0 Å². The number of aromatic nitrogens is 2. The average molecular weight is 385 g/mol. The lowest BCUT2D eigenvalue weighted by Crippen LogP contribution is -2.25. The largest absolute Gasteiger partial charge is 0.361 e. The third kappa shape index (κ3) is 4.40. The lowest BCUT2D eigenvalue weighted by molar-refractivity contribution is -0.105. The maximum absolute atomic E-state index is 12.2. The van der Waals surface area contributed by atoms with Gasteiger partial charge in [0.2, 0.25) is 6.41 Å². The van der Waals surface area contributed by atoms with Crippen LogP contribution in [0.5, 0.6) is 0 Å². The Hall–Kier alpha value is -3.99. The fraction of sp³-hybridized carbons (Fsp3) is 0.118. The van der Waals surface area contributed by atoms with E-state index in [0.29, 0.717) is 29.2 Å². The fourth-order valence-corrected chi connectivity index (χ4v) is 2.30. The van der Waals surface area contributed by atoms with Crippen molar-refractivity contribution in [1.29, 1.82) is 0 Å². The van der Waals surface area contributed by atoms with Crippen LogP contribution in [0.4, 0.5) is 5.69 Å². The first-order valence-corrected chi connectivity index (χ1v) is 8.06. The van der Waals surface area contributed by atoms with E-state index >= 15 is 0 Å². The van der Waals surface area contributed by atoms with Gasteiger partial charge >= 0.3 is 0 Å². The number of carbonyl (C=O) groups excluding carboxylic acids is 3. The molecule has 1 aromatic carbocycles. The van der Waals surface area contributed by atoms with E-state index in [-0.39, 0.29) is 24.4 Å². The van der Waals surface area contributed by atoms with Crippen molar-refractivity contribution in [3.63, 3.8) is 0 Å². The van der Waals surface area contributed by atoms with Crippen LogP contribution in [0.25, 0.3) is 11.3 Å². The monoisotopic (exact) mass is 385 g/mol. The SMILES string of the molecule is O=CNc1ccc(-c2cc(C(=O)NCCc3cc(C(=O)NO)no3)no2)cc1. The molecule has 3 rings (SSSR count). The summed E-state index contributed by atoms with van der Waals surface area (Å²) in [5.41, 5.74) is 2.80.